The Hall–Kier alpha value is -0.950. The standard InChI is InChI=1S/C10H11ClO/c1-8-3-5-9(6-4-8)10(7-11)12-2/h3-7H,1-2H3/b10-7+. The SMILES string of the molecule is CO/C(=C/Cl)c1ccc(C)cc1. The van der Waals surface area contributed by atoms with Gasteiger partial charge in [0.25, 0.3) is 0 Å². The lowest BCUT2D eigenvalue weighted by molar-refractivity contribution is 0.371. The third kappa shape index (κ3) is 2.02. The maximum atomic E-state index is 5.55. The van der Waals surface area contributed by atoms with E-state index in [1.807, 2.05) is 31.2 Å². The van der Waals surface area contributed by atoms with Gasteiger partial charge in [-0.3, -0.25) is 0 Å². The number of ether oxygens (including phenoxy) is 1. The Kier molecular flexibility index (Phi) is 3.18. The molecular formula is C10H11ClO. The number of hydrogen-bond donors (Lipinski definition) is 0. The van der Waals surface area contributed by atoms with Crippen LogP contribution in [-0.2, 0) is 4.74 Å². The molecule has 0 heterocycles. The van der Waals surface area contributed by atoms with Crippen LogP contribution in [0, 0.1) is 6.92 Å². The summed E-state index contributed by atoms with van der Waals surface area (Å²) in [5.41, 5.74) is 3.66. The third-order valence-electron chi connectivity index (χ3n) is 1.66. The molecule has 2 heteroatoms. The minimum absolute atomic E-state index is 0.691. The van der Waals surface area contributed by atoms with Crippen LogP contribution in [-0.4, -0.2) is 7.11 Å². The predicted octanol–water partition coefficient (Wildman–Crippen LogP) is 3.18. The van der Waals surface area contributed by atoms with E-state index in [1.165, 1.54) is 11.1 Å². The second-order valence-electron chi connectivity index (χ2n) is 2.54. The highest BCUT2D eigenvalue weighted by atomic mass is 35.5. The van der Waals surface area contributed by atoms with Gasteiger partial charge in [0.15, 0.2) is 0 Å². The zero-order valence-electron chi connectivity index (χ0n) is 7.17. The summed E-state index contributed by atoms with van der Waals surface area (Å²) in [5, 5.41) is 0. The van der Waals surface area contributed by atoms with Crippen LogP contribution in [0.1, 0.15) is 11.1 Å². The van der Waals surface area contributed by atoms with E-state index in [0.717, 1.165) is 5.56 Å². The largest absolute Gasteiger partial charge is 0.495 e. The van der Waals surface area contributed by atoms with E-state index in [-0.39, 0.29) is 0 Å². The van der Waals surface area contributed by atoms with Crippen LogP contribution in [0.4, 0.5) is 0 Å². The lowest BCUT2D eigenvalue weighted by atomic mass is 10.1. The molecule has 1 aromatic carbocycles. The molecule has 1 rings (SSSR count). The van der Waals surface area contributed by atoms with Crippen molar-refractivity contribution in [2.45, 2.75) is 6.92 Å². The van der Waals surface area contributed by atoms with Crippen molar-refractivity contribution in [3.8, 4) is 0 Å². The van der Waals surface area contributed by atoms with Gasteiger partial charge in [0.1, 0.15) is 5.76 Å². The summed E-state index contributed by atoms with van der Waals surface area (Å²) in [5.74, 6) is 0.691. The molecule has 0 unspecified atom stereocenters. The summed E-state index contributed by atoms with van der Waals surface area (Å²) < 4.78 is 5.05. The summed E-state index contributed by atoms with van der Waals surface area (Å²) >= 11 is 5.55. The van der Waals surface area contributed by atoms with Gasteiger partial charge in [0.05, 0.1) is 7.11 Å². The van der Waals surface area contributed by atoms with E-state index in [4.69, 9.17) is 16.3 Å². The van der Waals surface area contributed by atoms with Crippen LogP contribution in [0.5, 0.6) is 0 Å². The predicted molar refractivity (Wildman–Crippen MR) is 52.0 cm³/mol. The van der Waals surface area contributed by atoms with E-state index >= 15 is 0 Å². The van der Waals surface area contributed by atoms with Crippen molar-refractivity contribution in [1.82, 2.24) is 0 Å². The molecule has 12 heavy (non-hydrogen) atoms. The summed E-state index contributed by atoms with van der Waals surface area (Å²) in [6.07, 6.45) is 0. The molecule has 0 spiro atoms. The summed E-state index contributed by atoms with van der Waals surface area (Å²) in [7, 11) is 1.61. The lowest BCUT2D eigenvalue weighted by Crippen LogP contribution is -1.85. The highest BCUT2D eigenvalue weighted by Gasteiger charge is 1.98. The normalized spacial score (nSPS) is 11.4. The molecule has 0 amide bonds. The molecule has 1 aromatic rings. The molecule has 0 fully saturated rings. The lowest BCUT2D eigenvalue weighted by Gasteiger charge is -2.04. The number of aryl methyl sites for hydroxylation is 1. The monoisotopic (exact) mass is 182 g/mol. The van der Waals surface area contributed by atoms with Crippen LogP contribution in [0.3, 0.4) is 0 Å². The fraction of sp³-hybridized carbons (Fsp3) is 0.200. The molecule has 0 bridgehead atoms. The van der Waals surface area contributed by atoms with E-state index in [1.54, 1.807) is 7.11 Å². The van der Waals surface area contributed by atoms with Crippen LogP contribution in [0.25, 0.3) is 5.76 Å². The van der Waals surface area contributed by atoms with Crippen molar-refractivity contribution in [2.24, 2.45) is 0 Å². The smallest absolute Gasteiger partial charge is 0.137 e. The first-order chi connectivity index (χ1) is 5.77. The second kappa shape index (κ2) is 4.17. The zero-order valence-corrected chi connectivity index (χ0v) is 7.93. The Balaban J connectivity index is 2.96. The highest BCUT2D eigenvalue weighted by molar-refractivity contribution is 6.27. The van der Waals surface area contributed by atoms with E-state index in [9.17, 15) is 0 Å². The van der Waals surface area contributed by atoms with Crippen LogP contribution in [0.15, 0.2) is 29.8 Å². The Morgan fingerprint density at radius 1 is 1.33 bits per heavy atom. The average Bonchev–Trinajstić information content (AvgIpc) is 2.10. The van der Waals surface area contributed by atoms with Crippen LogP contribution >= 0.6 is 11.6 Å². The summed E-state index contributed by atoms with van der Waals surface area (Å²) in [6.45, 7) is 2.04. The van der Waals surface area contributed by atoms with Crippen molar-refractivity contribution in [2.75, 3.05) is 7.11 Å². The van der Waals surface area contributed by atoms with Gasteiger partial charge >= 0.3 is 0 Å². The van der Waals surface area contributed by atoms with Gasteiger partial charge in [-0.05, 0) is 6.92 Å². The van der Waals surface area contributed by atoms with Gasteiger partial charge in [-0.15, -0.1) is 0 Å². The zero-order chi connectivity index (χ0) is 8.97. The first-order valence-electron chi connectivity index (χ1n) is 3.69. The Bertz CT molecular complexity index is 274. The molecule has 0 atom stereocenters. The van der Waals surface area contributed by atoms with Crippen LogP contribution in [0.2, 0.25) is 0 Å². The Labute approximate surface area is 77.6 Å². The number of hydrogen-bond acceptors (Lipinski definition) is 1. The number of halogens is 1. The summed E-state index contributed by atoms with van der Waals surface area (Å²) in [6, 6.07) is 8.00. The van der Waals surface area contributed by atoms with Crippen molar-refractivity contribution < 1.29 is 4.74 Å². The molecular weight excluding hydrogens is 172 g/mol. The quantitative estimate of drug-likeness (QED) is 0.639. The maximum Gasteiger partial charge on any atom is 0.137 e. The fourth-order valence-corrected chi connectivity index (χ4v) is 1.16. The molecule has 0 aliphatic carbocycles. The maximum absolute atomic E-state index is 5.55. The molecule has 0 N–H and O–H groups in total. The molecule has 0 aliphatic heterocycles. The molecule has 0 saturated carbocycles. The van der Waals surface area contributed by atoms with Crippen molar-refractivity contribution in [3.63, 3.8) is 0 Å². The minimum Gasteiger partial charge on any atom is -0.495 e. The fourth-order valence-electron chi connectivity index (χ4n) is 0.943. The van der Waals surface area contributed by atoms with Gasteiger partial charge in [0.2, 0.25) is 0 Å². The van der Waals surface area contributed by atoms with Gasteiger partial charge in [-0.2, -0.15) is 0 Å². The second-order valence-corrected chi connectivity index (χ2v) is 2.76. The molecule has 64 valence electrons. The van der Waals surface area contributed by atoms with E-state index < -0.39 is 0 Å². The molecule has 1 nitrogen and oxygen atoms in total. The number of methoxy groups -OCH3 is 1. The Morgan fingerprint density at radius 2 is 1.92 bits per heavy atom. The number of benzene rings is 1. The Morgan fingerprint density at radius 3 is 2.33 bits per heavy atom. The first kappa shape index (κ1) is 9.14. The topological polar surface area (TPSA) is 9.23 Å². The molecule has 0 aromatic heterocycles. The van der Waals surface area contributed by atoms with Gasteiger partial charge < -0.3 is 4.74 Å². The first-order valence-corrected chi connectivity index (χ1v) is 4.13. The van der Waals surface area contributed by atoms with Crippen molar-refractivity contribution in [1.29, 1.82) is 0 Å². The van der Waals surface area contributed by atoms with Crippen molar-refractivity contribution in [3.05, 3.63) is 40.9 Å². The third-order valence-corrected chi connectivity index (χ3v) is 1.85. The summed E-state index contributed by atoms with van der Waals surface area (Å²) in [4.78, 5) is 0. The highest BCUT2D eigenvalue weighted by Crippen LogP contribution is 2.16. The average molecular weight is 183 g/mol. The van der Waals surface area contributed by atoms with Crippen molar-refractivity contribution >= 4 is 17.4 Å². The van der Waals surface area contributed by atoms with Gasteiger partial charge in [0, 0.05) is 11.1 Å². The van der Waals surface area contributed by atoms with Crippen LogP contribution < -0.4 is 0 Å². The van der Waals surface area contributed by atoms with Gasteiger partial charge in [-0.1, -0.05) is 41.4 Å². The van der Waals surface area contributed by atoms with Gasteiger partial charge in [-0.25, -0.2) is 0 Å². The minimum atomic E-state index is 0.691. The molecule has 0 radical (unpaired) electrons. The molecule has 0 aliphatic rings. The molecule has 0 saturated heterocycles. The van der Waals surface area contributed by atoms with E-state index in [0.29, 0.717) is 5.76 Å². The van der Waals surface area contributed by atoms with E-state index in [2.05, 4.69) is 0 Å². The number of rotatable bonds is 2.